The lowest BCUT2D eigenvalue weighted by molar-refractivity contribution is -0.140. The van der Waals surface area contributed by atoms with Gasteiger partial charge in [0.25, 0.3) is 11.7 Å². The number of Topliss-reactive ketones (excluding diaryl/α,β-unsaturated/α-hetero) is 1. The Morgan fingerprint density at radius 1 is 1.11 bits per heavy atom. The van der Waals surface area contributed by atoms with Crippen molar-refractivity contribution in [3.63, 3.8) is 0 Å². The topological polar surface area (TPSA) is 83.6 Å². The van der Waals surface area contributed by atoms with Crippen LogP contribution in [0.3, 0.4) is 0 Å². The summed E-state index contributed by atoms with van der Waals surface area (Å²) in [4.78, 5) is 31.0. The normalized spacial score (nSPS) is 18.6. The number of aliphatic hydroxyl groups is 1. The lowest BCUT2D eigenvalue weighted by Crippen LogP contribution is -2.29. The fraction of sp³-hybridized carbons (Fsp3) is 0.0952. The second kappa shape index (κ2) is 7.44. The number of aliphatic hydroxyl groups excluding tert-OH is 1. The van der Waals surface area contributed by atoms with E-state index < -0.39 is 17.7 Å². The van der Waals surface area contributed by atoms with E-state index >= 15 is 0 Å². The van der Waals surface area contributed by atoms with Crippen molar-refractivity contribution in [1.29, 1.82) is 0 Å². The quantitative estimate of drug-likeness (QED) is 0.377. The number of ketones is 1. The van der Waals surface area contributed by atoms with Crippen LogP contribution in [0, 0.1) is 0 Å². The number of carbonyl (C=O) groups is 2. The summed E-state index contributed by atoms with van der Waals surface area (Å²) in [6, 6.07) is 13.2. The van der Waals surface area contributed by atoms with Crippen LogP contribution in [-0.2, 0) is 16.1 Å². The van der Waals surface area contributed by atoms with E-state index in [0.29, 0.717) is 16.9 Å². The molecular weight excluding hydrogens is 424 g/mol. The first-order chi connectivity index (χ1) is 13.6. The summed E-state index contributed by atoms with van der Waals surface area (Å²) >= 11 is 3.39. The SMILES string of the molecule is O=C1C(=O)N(Cc2ccco2)C(c2ccc(Br)cc2)/C1=C(\O)c1ccncc1. The summed E-state index contributed by atoms with van der Waals surface area (Å²) in [7, 11) is 0. The highest BCUT2D eigenvalue weighted by Crippen LogP contribution is 2.40. The molecule has 1 fully saturated rings. The van der Waals surface area contributed by atoms with Gasteiger partial charge in [-0.2, -0.15) is 0 Å². The highest BCUT2D eigenvalue weighted by molar-refractivity contribution is 9.10. The standard InChI is InChI=1S/C21H15BrN2O4/c22-15-5-3-13(4-6-15)18-17(19(25)14-7-9-23-10-8-14)20(26)21(27)24(18)12-16-2-1-11-28-16/h1-11,18,25H,12H2/b19-17+. The Labute approximate surface area is 169 Å². The van der Waals surface area contributed by atoms with Gasteiger partial charge < -0.3 is 14.4 Å². The Morgan fingerprint density at radius 3 is 2.46 bits per heavy atom. The Morgan fingerprint density at radius 2 is 1.82 bits per heavy atom. The third kappa shape index (κ3) is 3.25. The number of amides is 1. The highest BCUT2D eigenvalue weighted by Gasteiger charge is 2.46. The van der Waals surface area contributed by atoms with Gasteiger partial charge in [0.1, 0.15) is 11.5 Å². The van der Waals surface area contributed by atoms with Gasteiger partial charge >= 0.3 is 0 Å². The molecule has 4 rings (SSSR count). The van der Waals surface area contributed by atoms with Crippen LogP contribution in [0.25, 0.3) is 5.76 Å². The zero-order valence-electron chi connectivity index (χ0n) is 14.6. The monoisotopic (exact) mass is 438 g/mol. The van der Waals surface area contributed by atoms with Gasteiger partial charge in [-0.25, -0.2) is 0 Å². The van der Waals surface area contributed by atoms with Crippen LogP contribution < -0.4 is 0 Å². The average Bonchev–Trinajstić information content (AvgIpc) is 3.31. The van der Waals surface area contributed by atoms with Crippen molar-refractivity contribution < 1.29 is 19.1 Å². The van der Waals surface area contributed by atoms with Crippen LogP contribution >= 0.6 is 15.9 Å². The van der Waals surface area contributed by atoms with Gasteiger partial charge in [0.15, 0.2) is 0 Å². The average molecular weight is 439 g/mol. The first-order valence-electron chi connectivity index (χ1n) is 8.53. The Balaban J connectivity index is 1.86. The van der Waals surface area contributed by atoms with Gasteiger partial charge in [0, 0.05) is 22.4 Å². The number of hydrogen-bond acceptors (Lipinski definition) is 5. The molecule has 28 heavy (non-hydrogen) atoms. The summed E-state index contributed by atoms with van der Waals surface area (Å²) in [5.74, 6) is -1.09. The van der Waals surface area contributed by atoms with Gasteiger partial charge in [0.2, 0.25) is 0 Å². The maximum atomic E-state index is 12.8. The second-order valence-corrected chi connectivity index (χ2v) is 7.21. The number of benzene rings is 1. The fourth-order valence-electron chi connectivity index (χ4n) is 3.27. The molecule has 0 bridgehead atoms. The summed E-state index contributed by atoms with van der Waals surface area (Å²) < 4.78 is 6.23. The maximum Gasteiger partial charge on any atom is 0.296 e. The Kier molecular flexibility index (Phi) is 4.83. The van der Waals surface area contributed by atoms with E-state index in [1.807, 2.05) is 24.3 Å². The Hall–Kier alpha value is -3.19. The number of halogens is 1. The van der Waals surface area contributed by atoms with Crippen molar-refractivity contribution in [1.82, 2.24) is 9.88 Å². The minimum absolute atomic E-state index is 0.0464. The van der Waals surface area contributed by atoms with E-state index in [0.717, 1.165) is 4.47 Å². The molecular formula is C21H15BrN2O4. The third-order valence-electron chi connectivity index (χ3n) is 4.59. The minimum Gasteiger partial charge on any atom is -0.507 e. The zero-order chi connectivity index (χ0) is 19.7. The molecule has 3 aromatic rings. The van der Waals surface area contributed by atoms with E-state index in [4.69, 9.17) is 4.42 Å². The van der Waals surface area contributed by atoms with Crippen LogP contribution in [0.5, 0.6) is 0 Å². The predicted octanol–water partition coefficient (Wildman–Crippen LogP) is 4.06. The molecule has 1 amide bonds. The number of furan rings is 1. The van der Waals surface area contributed by atoms with E-state index in [1.165, 1.54) is 23.6 Å². The number of pyridine rings is 1. The lowest BCUT2D eigenvalue weighted by Gasteiger charge is -2.24. The number of carbonyl (C=O) groups excluding carboxylic acids is 2. The maximum absolute atomic E-state index is 12.8. The molecule has 0 aliphatic carbocycles. The van der Waals surface area contributed by atoms with E-state index in [2.05, 4.69) is 20.9 Å². The van der Waals surface area contributed by atoms with Crippen LogP contribution in [0.2, 0.25) is 0 Å². The van der Waals surface area contributed by atoms with Crippen molar-refractivity contribution in [2.75, 3.05) is 0 Å². The second-order valence-electron chi connectivity index (χ2n) is 6.29. The van der Waals surface area contributed by atoms with Crippen molar-refractivity contribution in [2.45, 2.75) is 12.6 Å². The highest BCUT2D eigenvalue weighted by atomic mass is 79.9. The molecule has 0 saturated carbocycles. The van der Waals surface area contributed by atoms with Crippen molar-refractivity contribution in [3.8, 4) is 0 Å². The van der Waals surface area contributed by atoms with Crippen molar-refractivity contribution in [3.05, 3.63) is 94.1 Å². The van der Waals surface area contributed by atoms with Gasteiger partial charge in [-0.05, 0) is 42.0 Å². The molecule has 7 heteroatoms. The molecule has 1 aliphatic rings. The number of rotatable bonds is 4. The largest absolute Gasteiger partial charge is 0.507 e. The number of nitrogens with zero attached hydrogens (tertiary/aromatic N) is 2. The van der Waals surface area contributed by atoms with Crippen LogP contribution in [0.1, 0.15) is 22.9 Å². The van der Waals surface area contributed by atoms with E-state index in [-0.39, 0.29) is 17.9 Å². The van der Waals surface area contributed by atoms with Crippen LogP contribution in [0.15, 0.2) is 81.7 Å². The first kappa shape index (κ1) is 18.2. The molecule has 0 spiro atoms. The Bertz CT molecular complexity index is 1040. The molecule has 1 saturated heterocycles. The van der Waals surface area contributed by atoms with Crippen LogP contribution in [-0.4, -0.2) is 26.7 Å². The van der Waals surface area contributed by atoms with Gasteiger partial charge in [-0.15, -0.1) is 0 Å². The first-order valence-corrected chi connectivity index (χ1v) is 9.32. The molecule has 3 heterocycles. The third-order valence-corrected chi connectivity index (χ3v) is 5.11. The molecule has 1 N–H and O–H groups in total. The predicted molar refractivity (Wildman–Crippen MR) is 105 cm³/mol. The molecule has 1 atom stereocenters. The molecule has 1 aliphatic heterocycles. The fourth-order valence-corrected chi connectivity index (χ4v) is 3.53. The van der Waals surface area contributed by atoms with Gasteiger partial charge in [0.05, 0.1) is 24.4 Å². The zero-order valence-corrected chi connectivity index (χ0v) is 16.2. The molecule has 6 nitrogen and oxygen atoms in total. The molecule has 1 unspecified atom stereocenters. The molecule has 0 radical (unpaired) electrons. The van der Waals surface area contributed by atoms with Crippen molar-refractivity contribution in [2.24, 2.45) is 0 Å². The van der Waals surface area contributed by atoms with Gasteiger partial charge in [-0.3, -0.25) is 14.6 Å². The summed E-state index contributed by atoms with van der Waals surface area (Å²) in [6.45, 7) is 0.116. The summed E-state index contributed by atoms with van der Waals surface area (Å²) in [5, 5.41) is 10.9. The number of hydrogen-bond donors (Lipinski definition) is 1. The smallest absolute Gasteiger partial charge is 0.296 e. The molecule has 140 valence electrons. The number of likely N-dealkylation sites (tertiary alicyclic amines) is 1. The van der Waals surface area contributed by atoms with Crippen molar-refractivity contribution >= 4 is 33.4 Å². The molecule has 1 aromatic carbocycles. The van der Waals surface area contributed by atoms with Gasteiger partial charge in [-0.1, -0.05) is 28.1 Å². The van der Waals surface area contributed by atoms with E-state index in [9.17, 15) is 14.7 Å². The summed E-state index contributed by atoms with van der Waals surface area (Å²) in [5.41, 5.74) is 1.18. The van der Waals surface area contributed by atoms with Crippen LogP contribution in [0.4, 0.5) is 0 Å². The minimum atomic E-state index is -0.730. The van der Waals surface area contributed by atoms with E-state index in [1.54, 1.807) is 24.3 Å². The molecule has 2 aromatic heterocycles. The number of aromatic nitrogens is 1. The lowest BCUT2D eigenvalue weighted by atomic mass is 9.95. The summed E-state index contributed by atoms with van der Waals surface area (Å²) in [6.07, 6.45) is 4.54.